The van der Waals surface area contributed by atoms with Crippen molar-refractivity contribution in [3.8, 4) is 0 Å². The molecule has 0 aromatic heterocycles. The molecular formula is C11H12BrNO3. The zero-order valence-electron chi connectivity index (χ0n) is 8.74. The van der Waals surface area contributed by atoms with Gasteiger partial charge in [0.15, 0.2) is 0 Å². The van der Waals surface area contributed by atoms with Gasteiger partial charge in [-0.1, -0.05) is 28.1 Å². The molecule has 0 bridgehead atoms. The van der Waals surface area contributed by atoms with E-state index in [-0.39, 0.29) is 12.3 Å². The molecule has 0 saturated carbocycles. The molecule has 5 heteroatoms. The van der Waals surface area contributed by atoms with Crippen molar-refractivity contribution in [2.75, 3.05) is 0 Å². The zero-order valence-corrected chi connectivity index (χ0v) is 10.3. The molecule has 0 aliphatic carbocycles. The van der Waals surface area contributed by atoms with Gasteiger partial charge in [-0.3, -0.25) is 9.59 Å². The number of amides is 1. The Hall–Kier alpha value is -1.36. The molecule has 1 aromatic carbocycles. The molecule has 4 nitrogen and oxygen atoms in total. The van der Waals surface area contributed by atoms with Crippen molar-refractivity contribution in [2.45, 2.75) is 19.4 Å². The minimum atomic E-state index is -1.04. The predicted molar refractivity (Wildman–Crippen MR) is 63.1 cm³/mol. The number of carbonyl (C=O) groups is 2. The number of halogens is 1. The van der Waals surface area contributed by atoms with Crippen LogP contribution in [0.2, 0.25) is 0 Å². The van der Waals surface area contributed by atoms with Crippen molar-refractivity contribution < 1.29 is 14.7 Å². The van der Waals surface area contributed by atoms with Crippen molar-refractivity contribution in [3.63, 3.8) is 0 Å². The van der Waals surface area contributed by atoms with Gasteiger partial charge in [0.25, 0.3) is 0 Å². The quantitative estimate of drug-likeness (QED) is 0.883. The highest BCUT2D eigenvalue weighted by Gasteiger charge is 2.13. The summed E-state index contributed by atoms with van der Waals surface area (Å²) in [6, 6.07) is 6.44. The molecule has 0 spiro atoms. The van der Waals surface area contributed by atoms with E-state index in [1.54, 1.807) is 0 Å². The van der Waals surface area contributed by atoms with Gasteiger partial charge in [0.1, 0.15) is 6.04 Å². The van der Waals surface area contributed by atoms with Gasteiger partial charge in [-0.25, -0.2) is 0 Å². The highest BCUT2D eigenvalue weighted by molar-refractivity contribution is 9.10. The molecule has 1 rings (SSSR count). The predicted octanol–water partition coefficient (Wildman–Crippen LogP) is 1.58. The maximum Gasteiger partial charge on any atom is 0.325 e. The van der Waals surface area contributed by atoms with E-state index in [2.05, 4.69) is 21.2 Å². The first-order chi connectivity index (χ1) is 7.49. The summed E-state index contributed by atoms with van der Waals surface area (Å²) in [6.07, 6.45) is 0.185. The number of carboxylic acid groups (broad SMARTS) is 1. The summed E-state index contributed by atoms with van der Waals surface area (Å²) >= 11 is 3.29. The molecule has 1 aromatic rings. The van der Waals surface area contributed by atoms with Gasteiger partial charge in [0, 0.05) is 4.47 Å². The minimum Gasteiger partial charge on any atom is -0.480 e. The summed E-state index contributed by atoms with van der Waals surface area (Å²) in [5.74, 6) is -1.33. The van der Waals surface area contributed by atoms with E-state index < -0.39 is 12.0 Å². The average Bonchev–Trinajstić information content (AvgIpc) is 2.21. The van der Waals surface area contributed by atoms with Crippen LogP contribution in [0, 0.1) is 0 Å². The Morgan fingerprint density at radius 1 is 1.38 bits per heavy atom. The molecule has 0 heterocycles. The second kappa shape index (κ2) is 5.65. The first-order valence-corrected chi connectivity index (χ1v) is 5.55. The summed E-state index contributed by atoms with van der Waals surface area (Å²) in [7, 11) is 0. The van der Waals surface area contributed by atoms with E-state index >= 15 is 0 Å². The Kier molecular flexibility index (Phi) is 4.49. The smallest absolute Gasteiger partial charge is 0.325 e. The number of aliphatic carboxylic acids is 1. The minimum absolute atomic E-state index is 0.185. The van der Waals surface area contributed by atoms with Gasteiger partial charge < -0.3 is 10.4 Å². The summed E-state index contributed by atoms with van der Waals surface area (Å²) in [6.45, 7) is 1.43. The summed E-state index contributed by atoms with van der Waals surface area (Å²) in [5.41, 5.74) is 0.846. The lowest BCUT2D eigenvalue weighted by Gasteiger charge is -2.09. The standard InChI is InChI=1S/C11H12BrNO3/c1-7(11(15)16)13-10(14)6-8-2-4-9(12)5-3-8/h2-5,7H,6H2,1H3,(H,13,14)(H,15,16). The van der Waals surface area contributed by atoms with Crippen LogP contribution in [0.4, 0.5) is 0 Å². The van der Waals surface area contributed by atoms with Crippen LogP contribution in [-0.2, 0) is 16.0 Å². The van der Waals surface area contributed by atoms with Crippen LogP contribution in [-0.4, -0.2) is 23.0 Å². The number of hydrogen-bond donors (Lipinski definition) is 2. The molecule has 0 aliphatic rings. The lowest BCUT2D eigenvalue weighted by atomic mass is 10.1. The molecule has 2 N–H and O–H groups in total. The number of nitrogens with one attached hydrogen (secondary N) is 1. The SMILES string of the molecule is CC(NC(=O)Cc1ccc(Br)cc1)C(=O)O. The van der Waals surface area contributed by atoms with Crippen LogP contribution >= 0.6 is 15.9 Å². The summed E-state index contributed by atoms with van der Waals surface area (Å²) < 4.78 is 0.940. The van der Waals surface area contributed by atoms with E-state index in [1.165, 1.54) is 6.92 Å². The van der Waals surface area contributed by atoms with Crippen molar-refractivity contribution in [2.24, 2.45) is 0 Å². The fourth-order valence-corrected chi connectivity index (χ4v) is 1.41. The van der Waals surface area contributed by atoms with Gasteiger partial charge >= 0.3 is 5.97 Å². The van der Waals surface area contributed by atoms with Gasteiger partial charge in [0.2, 0.25) is 5.91 Å². The Morgan fingerprint density at radius 2 is 1.94 bits per heavy atom. The first-order valence-electron chi connectivity index (χ1n) is 4.75. The Bertz CT molecular complexity index is 389. The van der Waals surface area contributed by atoms with Crippen LogP contribution < -0.4 is 5.32 Å². The fraction of sp³-hybridized carbons (Fsp3) is 0.273. The molecule has 86 valence electrons. The third-order valence-corrected chi connectivity index (χ3v) is 2.55. The first kappa shape index (κ1) is 12.7. The molecule has 0 aliphatic heterocycles. The molecule has 16 heavy (non-hydrogen) atoms. The van der Waals surface area contributed by atoms with Gasteiger partial charge in [0.05, 0.1) is 6.42 Å². The molecular weight excluding hydrogens is 274 g/mol. The fourth-order valence-electron chi connectivity index (χ4n) is 1.14. The van der Waals surface area contributed by atoms with E-state index in [9.17, 15) is 9.59 Å². The third-order valence-electron chi connectivity index (χ3n) is 2.03. The number of hydrogen-bond acceptors (Lipinski definition) is 2. The lowest BCUT2D eigenvalue weighted by molar-refractivity contribution is -0.141. The van der Waals surface area contributed by atoms with E-state index in [4.69, 9.17) is 5.11 Å². The number of benzene rings is 1. The van der Waals surface area contributed by atoms with Crippen LogP contribution in [0.5, 0.6) is 0 Å². The van der Waals surface area contributed by atoms with Crippen molar-refractivity contribution >= 4 is 27.8 Å². The average molecular weight is 286 g/mol. The van der Waals surface area contributed by atoms with Gasteiger partial charge in [-0.2, -0.15) is 0 Å². The van der Waals surface area contributed by atoms with Gasteiger partial charge in [-0.05, 0) is 24.6 Å². The molecule has 0 saturated heterocycles. The molecule has 0 radical (unpaired) electrons. The number of carbonyl (C=O) groups excluding carboxylic acids is 1. The van der Waals surface area contributed by atoms with Crippen LogP contribution in [0.15, 0.2) is 28.7 Å². The normalized spacial score (nSPS) is 11.9. The molecule has 1 amide bonds. The highest BCUT2D eigenvalue weighted by atomic mass is 79.9. The number of carboxylic acids is 1. The van der Waals surface area contributed by atoms with Crippen molar-refractivity contribution in [1.82, 2.24) is 5.32 Å². The van der Waals surface area contributed by atoms with Crippen LogP contribution in [0.1, 0.15) is 12.5 Å². The molecule has 1 atom stereocenters. The van der Waals surface area contributed by atoms with E-state index in [1.807, 2.05) is 24.3 Å². The Balaban J connectivity index is 2.52. The summed E-state index contributed by atoms with van der Waals surface area (Å²) in [5, 5.41) is 11.0. The van der Waals surface area contributed by atoms with E-state index in [0.29, 0.717) is 0 Å². The molecule has 1 unspecified atom stereocenters. The van der Waals surface area contributed by atoms with E-state index in [0.717, 1.165) is 10.0 Å². The second-order valence-corrected chi connectivity index (χ2v) is 4.35. The largest absolute Gasteiger partial charge is 0.480 e. The van der Waals surface area contributed by atoms with Crippen molar-refractivity contribution in [3.05, 3.63) is 34.3 Å². The third kappa shape index (κ3) is 4.02. The monoisotopic (exact) mass is 285 g/mol. The van der Waals surface area contributed by atoms with Crippen molar-refractivity contribution in [1.29, 1.82) is 0 Å². The highest BCUT2D eigenvalue weighted by Crippen LogP contribution is 2.10. The topological polar surface area (TPSA) is 66.4 Å². The molecule has 0 fully saturated rings. The number of rotatable bonds is 4. The van der Waals surface area contributed by atoms with Gasteiger partial charge in [-0.15, -0.1) is 0 Å². The maximum atomic E-state index is 11.4. The lowest BCUT2D eigenvalue weighted by Crippen LogP contribution is -2.39. The van der Waals surface area contributed by atoms with Crippen LogP contribution in [0.3, 0.4) is 0 Å². The maximum absolute atomic E-state index is 11.4. The Morgan fingerprint density at radius 3 is 2.44 bits per heavy atom. The Labute approximate surface area is 102 Å². The summed E-state index contributed by atoms with van der Waals surface area (Å²) in [4.78, 5) is 21.9. The van der Waals surface area contributed by atoms with Crippen LogP contribution in [0.25, 0.3) is 0 Å². The second-order valence-electron chi connectivity index (χ2n) is 3.43. The zero-order chi connectivity index (χ0) is 12.1.